The number of hydrogen-bond acceptors (Lipinski definition) is 1. The first-order chi connectivity index (χ1) is 3.88. The molecule has 0 bridgehead atoms. The zero-order valence-corrected chi connectivity index (χ0v) is 5.29. The van der Waals surface area contributed by atoms with E-state index < -0.39 is 0 Å². The van der Waals surface area contributed by atoms with Gasteiger partial charge in [-0.15, -0.1) is 0 Å². The van der Waals surface area contributed by atoms with Crippen molar-refractivity contribution in [2.75, 3.05) is 0 Å². The van der Waals surface area contributed by atoms with E-state index in [0.29, 0.717) is 0 Å². The van der Waals surface area contributed by atoms with Crippen LogP contribution in [0.3, 0.4) is 0 Å². The summed E-state index contributed by atoms with van der Waals surface area (Å²) in [6, 6.07) is 0. The molecule has 0 saturated heterocycles. The van der Waals surface area contributed by atoms with E-state index >= 15 is 0 Å². The van der Waals surface area contributed by atoms with Gasteiger partial charge in [0.25, 0.3) is 0 Å². The average Bonchev–Trinajstić information content (AvgIpc) is 2.63. The summed E-state index contributed by atoms with van der Waals surface area (Å²) in [5, 5.41) is 0. The van der Waals surface area contributed by atoms with E-state index in [1.54, 1.807) is 0 Å². The highest BCUT2D eigenvalue weighted by Crippen LogP contribution is 2.31. The van der Waals surface area contributed by atoms with Gasteiger partial charge in [0, 0.05) is 4.86 Å². The molecule has 0 aromatic heterocycles. The summed E-state index contributed by atoms with van der Waals surface area (Å²) in [6.07, 6.45) is 6.66. The third-order valence-electron chi connectivity index (χ3n) is 1.40. The maximum Gasteiger partial charge on any atom is 0.0441 e. The van der Waals surface area contributed by atoms with Gasteiger partial charge in [-0.05, 0) is 24.0 Å². The van der Waals surface area contributed by atoms with Crippen molar-refractivity contribution < 1.29 is 0 Å². The maximum absolute atomic E-state index is 5.09. The molecule has 0 heterocycles. The van der Waals surface area contributed by atoms with Gasteiger partial charge in [0.05, 0.1) is 0 Å². The molecule has 8 heavy (non-hydrogen) atoms. The normalized spacial score (nSPS) is 21.5. The fourth-order valence-corrected chi connectivity index (χ4v) is 1.01. The average molecular weight is 122 g/mol. The summed E-state index contributed by atoms with van der Waals surface area (Å²) in [5.74, 6) is 0. The largest absolute Gasteiger partial charge is 0.0795 e. The molecule has 0 amide bonds. The molecule has 0 spiro atoms. The molecule has 0 nitrogen and oxygen atoms in total. The van der Waals surface area contributed by atoms with Crippen LogP contribution in [0.2, 0.25) is 0 Å². The van der Waals surface area contributed by atoms with Gasteiger partial charge >= 0.3 is 0 Å². The van der Waals surface area contributed by atoms with Crippen molar-refractivity contribution in [3.8, 4) is 0 Å². The van der Waals surface area contributed by atoms with E-state index in [9.17, 15) is 0 Å². The maximum atomic E-state index is 5.09. The molecule has 1 heteroatoms. The third kappa shape index (κ3) is 0.632. The molecular formula is C7H6S. The summed E-state index contributed by atoms with van der Waals surface area (Å²) >= 11 is 5.09. The van der Waals surface area contributed by atoms with Crippen LogP contribution < -0.4 is 0 Å². The molecule has 2 rings (SSSR count). The van der Waals surface area contributed by atoms with Gasteiger partial charge < -0.3 is 0 Å². The number of rotatable bonds is 2. The van der Waals surface area contributed by atoms with Gasteiger partial charge in [0.2, 0.25) is 0 Å². The molecule has 0 radical (unpaired) electrons. The molecule has 0 N–H and O–H groups in total. The SMILES string of the molecule is S=C(C1=CC1)C1=CC1. The van der Waals surface area contributed by atoms with Gasteiger partial charge in [-0.1, -0.05) is 24.4 Å². The quantitative estimate of drug-likeness (QED) is 0.505. The van der Waals surface area contributed by atoms with Crippen LogP contribution in [-0.4, -0.2) is 4.86 Å². The Morgan fingerprint density at radius 2 is 1.62 bits per heavy atom. The zero-order valence-electron chi connectivity index (χ0n) is 4.48. The Morgan fingerprint density at radius 3 is 1.88 bits per heavy atom. The first-order valence-corrected chi connectivity index (χ1v) is 3.21. The summed E-state index contributed by atoms with van der Waals surface area (Å²) in [5.41, 5.74) is 2.78. The summed E-state index contributed by atoms with van der Waals surface area (Å²) in [6.45, 7) is 0. The Kier molecular flexibility index (Phi) is 0.717. The number of hydrogen-bond donors (Lipinski definition) is 0. The van der Waals surface area contributed by atoms with Gasteiger partial charge in [0.1, 0.15) is 0 Å². The van der Waals surface area contributed by atoms with Crippen LogP contribution in [0.5, 0.6) is 0 Å². The fraction of sp³-hybridized carbons (Fsp3) is 0.286. The summed E-state index contributed by atoms with van der Waals surface area (Å²) < 4.78 is 0. The van der Waals surface area contributed by atoms with Crippen LogP contribution in [0.1, 0.15) is 12.8 Å². The fourth-order valence-electron chi connectivity index (χ4n) is 0.679. The molecule has 0 aromatic rings. The van der Waals surface area contributed by atoms with E-state index in [0.717, 1.165) is 17.7 Å². The smallest absolute Gasteiger partial charge is 0.0441 e. The minimum atomic E-state index is 1.13. The van der Waals surface area contributed by atoms with Crippen LogP contribution in [0.15, 0.2) is 23.3 Å². The Morgan fingerprint density at radius 1 is 1.25 bits per heavy atom. The van der Waals surface area contributed by atoms with Gasteiger partial charge in [-0.25, -0.2) is 0 Å². The van der Waals surface area contributed by atoms with Gasteiger partial charge in [-0.3, -0.25) is 0 Å². The summed E-state index contributed by atoms with van der Waals surface area (Å²) in [4.78, 5) is 1.13. The second kappa shape index (κ2) is 1.29. The topological polar surface area (TPSA) is 0 Å². The molecular weight excluding hydrogens is 116 g/mol. The van der Waals surface area contributed by atoms with E-state index in [1.807, 2.05) is 0 Å². The van der Waals surface area contributed by atoms with Crippen molar-refractivity contribution in [3.05, 3.63) is 23.3 Å². The number of thiocarbonyl (C=S) groups is 1. The molecule has 0 aliphatic heterocycles. The Bertz CT molecular complexity index is 186. The molecule has 2 aliphatic carbocycles. The van der Waals surface area contributed by atoms with Gasteiger partial charge in [0.15, 0.2) is 0 Å². The van der Waals surface area contributed by atoms with E-state index in [4.69, 9.17) is 12.2 Å². The van der Waals surface area contributed by atoms with Crippen LogP contribution in [-0.2, 0) is 0 Å². The lowest BCUT2D eigenvalue weighted by atomic mass is 10.3. The van der Waals surface area contributed by atoms with Crippen LogP contribution in [0.4, 0.5) is 0 Å². The molecule has 0 atom stereocenters. The lowest BCUT2D eigenvalue weighted by molar-refractivity contribution is 1.60. The number of allylic oxidation sites excluding steroid dienone is 4. The molecule has 0 saturated carbocycles. The van der Waals surface area contributed by atoms with E-state index in [2.05, 4.69) is 12.2 Å². The molecule has 0 unspecified atom stereocenters. The first kappa shape index (κ1) is 4.45. The monoisotopic (exact) mass is 122 g/mol. The van der Waals surface area contributed by atoms with Crippen LogP contribution in [0.25, 0.3) is 0 Å². The standard InChI is InChI=1S/C7H6S/c8-7(5-1-2-5)6-3-4-6/h1,3H,2,4H2. The highest BCUT2D eigenvalue weighted by atomic mass is 32.1. The highest BCUT2D eigenvalue weighted by molar-refractivity contribution is 7.81. The van der Waals surface area contributed by atoms with Crippen LogP contribution in [0, 0.1) is 0 Å². The molecule has 40 valence electrons. The Labute approximate surface area is 53.9 Å². The Balaban J connectivity index is 2.14. The second-order valence-corrected chi connectivity index (χ2v) is 2.60. The van der Waals surface area contributed by atoms with Crippen molar-refractivity contribution in [1.82, 2.24) is 0 Å². The lowest BCUT2D eigenvalue weighted by Crippen LogP contribution is -1.84. The van der Waals surface area contributed by atoms with Crippen LogP contribution >= 0.6 is 12.2 Å². The lowest BCUT2D eigenvalue weighted by Gasteiger charge is -1.84. The molecule has 0 fully saturated rings. The molecule has 0 aromatic carbocycles. The van der Waals surface area contributed by atoms with Crippen molar-refractivity contribution in [1.29, 1.82) is 0 Å². The van der Waals surface area contributed by atoms with Crippen molar-refractivity contribution in [2.45, 2.75) is 12.8 Å². The van der Waals surface area contributed by atoms with Crippen molar-refractivity contribution in [3.63, 3.8) is 0 Å². The highest BCUT2D eigenvalue weighted by Gasteiger charge is 2.20. The first-order valence-electron chi connectivity index (χ1n) is 2.81. The minimum absolute atomic E-state index is 1.13. The van der Waals surface area contributed by atoms with Crippen molar-refractivity contribution >= 4 is 17.1 Å². The zero-order chi connectivity index (χ0) is 5.56. The Hall–Kier alpha value is -0.430. The molecule has 2 aliphatic rings. The van der Waals surface area contributed by atoms with Crippen molar-refractivity contribution in [2.24, 2.45) is 0 Å². The predicted molar refractivity (Wildman–Crippen MR) is 38.0 cm³/mol. The second-order valence-electron chi connectivity index (χ2n) is 2.20. The minimum Gasteiger partial charge on any atom is -0.0795 e. The third-order valence-corrected chi connectivity index (χ3v) is 1.92. The van der Waals surface area contributed by atoms with E-state index in [-0.39, 0.29) is 0 Å². The summed E-state index contributed by atoms with van der Waals surface area (Å²) in [7, 11) is 0. The van der Waals surface area contributed by atoms with E-state index in [1.165, 1.54) is 11.1 Å². The predicted octanol–water partition coefficient (Wildman–Crippen LogP) is 2.02. The van der Waals surface area contributed by atoms with Gasteiger partial charge in [-0.2, -0.15) is 0 Å².